The second-order valence-electron chi connectivity index (χ2n) is 5.58. The van der Waals surface area contributed by atoms with Gasteiger partial charge in [0.2, 0.25) is 0 Å². The first-order chi connectivity index (χ1) is 11.6. The van der Waals surface area contributed by atoms with Gasteiger partial charge in [0.1, 0.15) is 0 Å². The largest absolute Gasteiger partial charge is 0.396 e. The maximum absolute atomic E-state index is 12.3. The van der Waals surface area contributed by atoms with Crippen LogP contribution in [0.5, 0.6) is 0 Å². The lowest BCUT2D eigenvalue weighted by Gasteiger charge is -2.19. The second kappa shape index (κ2) is 9.05. The van der Waals surface area contributed by atoms with E-state index in [0.717, 1.165) is 11.1 Å². The molecular formula is C19H24N2O3. The molecule has 2 aromatic carbocycles. The van der Waals surface area contributed by atoms with Crippen LogP contribution >= 0.6 is 0 Å². The third-order valence-corrected chi connectivity index (χ3v) is 3.89. The van der Waals surface area contributed by atoms with Crippen molar-refractivity contribution in [1.29, 1.82) is 0 Å². The maximum atomic E-state index is 12.3. The highest BCUT2D eigenvalue weighted by molar-refractivity contribution is 5.89. The molecule has 0 saturated heterocycles. The number of carbonyl (C=O) groups excluding carboxylic acids is 1. The molecule has 0 radical (unpaired) electrons. The van der Waals surface area contributed by atoms with Crippen molar-refractivity contribution in [2.75, 3.05) is 19.0 Å². The van der Waals surface area contributed by atoms with Crippen molar-refractivity contribution < 1.29 is 14.6 Å². The van der Waals surface area contributed by atoms with E-state index < -0.39 is 0 Å². The number of hydrogen-bond donors (Lipinski definition) is 3. The predicted octanol–water partition coefficient (Wildman–Crippen LogP) is 3.64. The van der Waals surface area contributed by atoms with Crippen molar-refractivity contribution in [1.82, 2.24) is 5.32 Å². The van der Waals surface area contributed by atoms with Crippen LogP contribution in [0.1, 0.15) is 36.6 Å². The van der Waals surface area contributed by atoms with E-state index in [-0.39, 0.29) is 24.8 Å². The molecule has 3 N–H and O–H groups in total. The number of ether oxygens (including phenoxy) is 1. The molecule has 0 aromatic heterocycles. The highest BCUT2D eigenvalue weighted by atomic mass is 16.5. The second-order valence-corrected chi connectivity index (χ2v) is 5.58. The van der Waals surface area contributed by atoms with Gasteiger partial charge in [-0.1, -0.05) is 42.5 Å². The molecule has 0 bridgehead atoms. The number of urea groups is 1. The number of nitrogens with one attached hydrogen (secondary N) is 2. The minimum Gasteiger partial charge on any atom is -0.396 e. The smallest absolute Gasteiger partial charge is 0.319 e. The summed E-state index contributed by atoms with van der Waals surface area (Å²) in [5.74, 6) is 0. The van der Waals surface area contributed by atoms with Gasteiger partial charge in [-0.15, -0.1) is 0 Å². The summed E-state index contributed by atoms with van der Waals surface area (Å²) in [4.78, 5) is 12.3. The average molecular weight is 328 g/mol. The number of anilines is 1. The zero-order valence-electron chi connectivity index (χ0n) is 14.0. The molecule has 0 aliphatic carbocycles. The van der Waals surface area contributed by atoms with Crippen molar-refractivity contribution in [3.63, 3.8) is 0 Å². The standard InChI is InChI=1S/C19H24N2O3/c1-14(24-2)16-9-6-10-17(13-16)20-19(23)21-18(11-12-22)15-7-4-3-5-8-15/h3-10,13-14,18,22H,11-12H2,1-2H3,(H2,20,21,23)/t14-,18+/m0/s1. The van der Waals surface area contributed by atoms with Crippen LogP contribution in [0.25, 0.3) is 0 Å². The summed E-state index contributed by atoms with van der Waals surface area (Å²) in [6.45, 7) is 1.95. The van der Waals surface area contributed by atoms with Gasteiger partial charge in [-0.3, -0.25) is 0 Å². The number of benzene rings is 2. The summed E-state index contributed by atoms with van der Waals surface area (Å²) in [5, 5.41) is 15.0. The van der Waals surface area contributed by atoms with Crippen LogP contribution in [0.2, 0.25) is 0 Å². The maximum Gasteiger partial charge on any atom is 0.319 e. The van der Waals surface area contributed by atoms with Crippen molar-refractivity contribution in [3.05, 3.63) is 65.7 Å². The summed E-state index contributed by atoms with van der Waals surface area (Å²) in [5.41, 5.74) is 2.65. The van der Waals surface area contributed by atoms with Gasteiger partial charge in [0.05, 0.1) is 12.1 Å². The Morgan fingerprint density at radius 1 is 1.12 bits per heavy atom. The first-order valence-electron chi connectivity index (χ1n) is 8.00. The lowest BCUT2D eigenvalue weighted by molar-refractivity contribution is 0.119. The van der Waals surface area contributed by atoms with Gasteiger partial charge < -0.3 is 20.5 Å². The molecule has 2 rings (SSSR count). The molecule has 24 heavy (non-hydrogen) atoms. The number of amides is 2. The normalized spacial score (nSPS) is 13.1. The Kier molecular flexibility index (Phi) is 6.78. The van der Waals surface area contributed by atoms with E-state index in [9.17, 15) is 9.90 Å². The monoisotopic (exact) mass is 328 g/mol. The van der Waals surface area contributed by atoms with Crippen LogP contribution in [0.15, 0.2) is 54.6 Å². The van der Waals surface area contributed by atoms with Crippen LogP contribution in [-0.4, -0.2) is 24.9 Å². The zero-order chi connectivity index (χ0) is 17.4. The average Bonchev–Trinajstić information content (AvgIpc) is 2.61. The number of aliphatic hydroxyl groups is 1. The first-order valence-corrected chi connectivity index (χ1v) is 8.00. The summed E-state index contributed by atoms with van der Waals surface area (Å²) >= 11 is 0. The molecule has 128 valence electrons. The van der Waals surface area contributed by atoms with E-state index in [1.807, 2.05) is 61.5 Å². The van der Waals surface area contributed by atoms with Crippen LogP contribution in [-0.2, 0) is 4.74 Å². The van der Waals surface area contributed by atoms with E-state index >= 15 is 0 Å². The van der Waals surface area contributed by atoms with Gasteiger partial charge in [-0.2, -0.15) is 0 Å². The Morgan fingerprint density at radius 3 is 2.50 bits per heavy atom. The topological polar surface area (TPSA) is 70.6 Å². The minimum absolute atomic E-state index is 0.000674. The van der Waals surface area contributed by atoms with Crippen LogP contribution < -0.4 is 10.6 Å². The molecule has 0 heterocycles. The van der Waals surface area contributed by atoms with E-state index in [2.05, 4.69) is 10.6 Å². The molecule has 2 atom stereocenters. The molecule has 2 aromatic rings. The van der Waals surface area contributed by atoms with E-state index in [4.69, 9.17) is 4.74 Å². The van der Waals surface area contributed by atoms with E-state index in [1.54, 1.807) is 7.11 Å². The highest BCUT2D eigenvalue weighted by Gasteiger charge is 2.14. The summed E-state index contributed by atoms with van der Waals surface area (Å²) in [6, 6.07) is 16.6. The molecule has 2 amide bonds. The van der Waals surface area contributed by atoms with Crippen molar-refractivity contribution in [2.24, 2.45) is 0 Å². The molecule has 0 fully saturated rings. The Morgan fingerprint density at radius 2 is 1.83 bits per heavy atom. The van der Waals surface area contributed by atoms with E-state index in [0.29, 0.717) is 12.1 Å². The third kappa shape index (κ3) is 5.08. The van der Waals surface area contributed by atoms with Crippen molar-refractivity contribution >= 4 is 11.7 Å². The summed E-state index contributed by atoms with van der Waals surface area (Å²) in [6.07, 6.45) is 0.416. The van der Waals surface area contributed by atoms with Gasteiger partial charge >= 0.3 is 6.03 Å². The number of hydrogen-bond acceptors (Lipinski definition) is 3. The number of aliphatic hydroxyl groups excluding tert-OH is 1. The van der Waals surface area contributed by atoms with Crippen LogP contribution in [0.4, 0.5) is 10.5 Å². The van der Waals surface area contributed by atoms with Gasteiger partial charge in [-0.25, -0.2) is 4.79 Å². The summed E-state index contributed by atoms with van der Waals surface area (Å²) < 4.78 is 5.29. The fourth-order valence-corrected chi connectivity index (χ4v) is 2.47. The highest BCUT2D eigenvalue weighted by Crippen LogP contribution is 2.20. The molecule has 5 nitrogen and oxygen atoms in total. The first kappa shape index (κ1) is 18.0. The SMILES string of the molecule is CO[C@@H](C)c1cccc(NC(=O)N[C@H](CCO)c2ccccc2)c1. The van der Waals surface area contributed by atoms with Crippen molar-refractivity contribution in [3.8, 4) is 0 Å². The zero-order valence-corrected chi connectivity index (χ0v) is 14.0. The van der Waals surface area contributed by atoms with Crippen LogP contribution in [0, 0.1) is 0 Å². The minimum atomic E-state index is -0.306. The molecule has 0 spiro atoms. The third-order valence-electron chi connectivity index (χ3n) is 3.89. The van der Waals surface area contributed by atoms with Gasteiger partial charge in [0, 0.05) is 19.4 Å². The predicted molar refractivity (Wildman–Crippen MR) is 94.9 cm³/mol. The molecular weight excluding hydrogens is 304 g/mol. The molecule has 0 aliphatic heterocycles. The van der Waals surface area contributed by atoms with Gasteiger partial charge in [0.25, 0.3) is 0 Å². The van der Waals surface area contributed by atoms with Gasteiger partial charge in [0.15, 0.2) is 0 Å². The lowest BCUT2D eigenvalue weighted by Crippen LogP contribution is -2.33. The Hall–Kier alpha value is -2.37. The number of rotatable bonds is 7. The Labute approximate surface area is 142 Å². The summed E-state index contributed by atoms with van der Waals surface area (Å²) in [7, 11) is 1.65. The number of methoxy groups -OCH3 is 1. The fourth-order valence-electron chi connectivity index (χ4n) is 2.47. The Bertz CT molecular complexity index is 646. The number of carbonyl (C=O) groups is 1. The fraction of sp³-hybridized carbons (Fsp3) is 0.316. The quantitative estimate of drug-likeness (QED) is 0.727. The Balaban J connectivity index is 2.03. The molecule has 0 unspecified atom stereocenters. The van der Waals surface area contributed by atoms with E-state index in [1.165, 1.54) is 0 Å². The van der Waals surface area contributed by atoms with Crippen LogP contribution in [0.3, 0.4) is 0 Å². The molecule has 5 heteroatoms. The molecule has 0 aliphatic rings. The van der Waals surface area contributed by atoms with Crippen molar-refractivity contribution in [2.45, 2.75) is 25.5 Å². The molecule has 0 saturated carbocycles. The van der Waals surface area contributed by atoms with Gasteiger partial charge in [-0.05, 0) is 36.6 Å². The lowest BCUT2D eigenvalue weighted by atomic mass is 10.0.